The van der Waals surface area contributed by atoms with Gasteiger partial charge in [0.15, 0.2) is 5.11 Å². The number of nitrogens with zero attached hydrogens (tertiary/aromatic N) is 3. The zero-order chi connectivity index (χ0) is 21.1. The van der Waals surface area contributed by atoms with Crippen molar-refractivity contribution < 1.29 is 9.90 Å². The second kappa shape index (κ2) is 8.67. The van der Waals surface area contributed by atoms with Crippen molar-refractivity contribution in [1.29, 1.82) is 0 Å². The second-order valence-corrected chi connectivity index (χ2v) is 7.72. The second-order valence-electron chi connectivity index (χ2n) is 7.33. The quantitative estimate of drug-likeness (QED) is 0.554. The first-order valence-corrected chi connectivity index (χ1v) is 10.5. The fourth-order valence-electron chi connectivity index (χ4n) is 3.96. The first-order chi connectivity index (χ1) is 14.6. The summed E-state index contributed by atoms with van der Waals surface area (Å²) in [7, 11) is 0. The monoisotopic (exact) mass is 420 g/mol. The van der Waals surface area contributed by atoms with Crippen LogP contribution in [0.3, 0.4) is 0 Å². The van der Waals surface area contributed by atoms with Gasteiger partial charge in [0.2, 0.25) is 0 Å². The Balaban J connectivity index is 1.79. The molecule has 1 aromatic carbocycles. The predicted octanol–water partition coefficient (Wildman–Crippen LogP) is 4.34. The van der Waals surface area contributed by atoms with Crippen LogP contribution in [0, 0.1) is 0 Å². The molecule has 3 heterocycles. The molecular weight excluding hydrogens is 396 g/mol. The molecule has 1 aliphatic rings. The Morgan fingerprint density at radius 3 is 2.80 bits per heavy atom. The maximum atomic E-state index is 11.5. The minimum atomic E-state index is -0.940. The maximum absolute atomic E-state index is 11.5. The maximum Gasteiger partial charge on any atom is 0.335 e. The minimum absolute atomic E-state index is 0.0533. The summed E-state index contributed by atoms with van der Waals surface area (Å²) < 4.78 is 2.04. The van der Waals surface area contributed by atoms with Crippen molar-refractivity contribution >= 4 is 23.3 Å². The third-order valence-electron chi connectivity index (χ3n) is 5.40. The number of carbonyl (C=O) groups is 1. The topological polar surface area (TPSA) is 70.4 Å². The molecule has 0 unspecified atom stereocenters. The minimum Gasteiger partial charge on any atom is -0.478 e. The first-order valence-electron chi connectivity index (χ1n) is 10.1. The SMILES string of the molecule is CCCCN1C(=S)N[C@@H](c2ccccn2)[C@@H]1c1cccn1-c1cccc(C(=O)O)c1. The number of hydrogen-bond donors (Lipinski definition) is 2. The van der Waals surface area contributed by atoms with E-state index in [1.807, 2.05) is 41.1 Å². The van der Waals surface area contributed by atoms with E-state index in [1.165, 1.54) is 0 Å². The van der Waals surface area contributed by atoms with Gasteiger partial charge in [-0.15, -0.1) is 0 Å². The van der Waals surface area contributed by atoms with Crippen molar-refractivity contribution in [1.82, 2.24) is 19.8 Å². The lowest BCUT2D eigenvalue weighted by molar-refractivity contribution is 0.0697. The molecule has 2 aromatic heterocycles. The normalized spacial score (nSPS) is 18.4. The van der Waals surface area contributed by atoms with Crippen LogP contribution in [0.25, 0.3) is 5.69 Å². The fourth-order valence-corrected chi connectivity index (χ4v) is 4.29. The highest BCUT2D eigenvalue weighted by Crippen LogP contribution is 2.39. The number of nitrogens with one attached hydrogen (secondary N) is 1. The first kappa shape index (κ1) is 20.1. The summed E-state index contributed by atoms with van der Waals surface area (Å²) in [6, 6.07) is 16.8. The van der Waals surface area contributed by atoms with Crippen LogP contribution in [-0.4, -0.2) is 37.2 Å². The van der Waals surface area contributed by atoms with Gasteiger partial charge in [0.05, 0.1) is 23.3 Å². The summed E-state index contributed by atoms with van der Waals surface area (Å²) in [6.07, 6.45) is 5.86. The molecule has 0 amide bonds. The van der Waals surface area contributed by atoms with E-state index >= 15 is 0 Å². The van der Waals surface area contributed by atoms with Crippen LogP contribution in [0.1, 0.15) is 53.6 Å². The summed E-state index contributed by atoms with van der Waals surface area (Å²) in [5.41, 5.74) is 3.03. The molecule has 3 aromatic rings. The molecule has 0 aliphatic carbocycles. The molecule has 2 N–H and O–H groups in total. The lowest BCUT2D eigenvalue weighted by Gasteiger charge is -2.29. The molecule has 0 spiro atoms. The number of pyridine rings is 1. The molecule has 0 saturated carbocycles. The molecule has 154 valence electrons. The zero-order valence-electron chi connectivity index (χ0n) is 16.7. The predicted molar refractivity (Wildman–Crippen MR) is 120 cm³/mol. The smallest absolute Gasteiger partial charge is 0.335 e. The van der Waals surface area contributed by atoms with Gasteiger partial charge in [-0.3, -0.25) is 4.98 Å². The van der Waals surface area contributed by atoms with E-state index in [9.17, 15) is 9.90 Å². The van der Waals surface area contributed by atoms with Gasteiger partial charge in [0, 0.05) is 30.3 Å². The number of thiocarbonyl (C=S) groups is 1. The van der Waals surface area contributed by atoms with E-state index in [0.29, 0.717) is 0 Å². The Kier molecular flexibility index (Phi) is 5.81. The molecular formula is C23H24N4O2S. The number of rotatable bonds is 7. The number of hydrogen-bond acceptors (Lipinski definition) is 3. The number of unbranched alkanes of at least 4 members (excludes halogenated alkanes) is 1. The molecule has 30 heavy (non-hydrogen) atoms. The van der Waals surface area contributed by atoms with E-state index in [2.05, 4.69) is 28.2 Å². The highest BCUT2D eigenvalue weighted by Gasteiger charge is 2.40. The Bertz CT molecular complexity index is 1050. The van der Waals surface area contributed by atoms with E-state index in [1.54, 1.807) is 24.4 Å². The van der Waals surface area contributed by atoms with Crippen molar-refractivity contribution in [2.75, 3.05) is 6.54 Å². The van der Waals surface area contributed by atoms with Gasteiger partial charge in [-0.1, -0.05) is 25.5 Å². The number of aromatic nitrogens is 2. The summed E-state index contributed by atoms with van der Waals surface area (Å²) in [5, 5.41) is 13.6. The van der Waals surface area contributed by atoms with E-state index in [-0.39, 0.29) is 17.6 Å². The van der Waals surface area contributed by atoms with Crippen LogP contribution < -0.4 is 5.32 Å². The van der Waals surface area contributed by atoms with Crippen molar-refractivity contribution in [3.63, 3.8) is 0 Å². The molecule has 1 aliphatic heterocycles. The average molecular weight is 421 g/mol. The van der Waals surface area contributed by atoms with Crippen molar-refractivity contribution in [2.45, 2.75) is 31.8 Å². The van der Waals surface area contributed by atoms with Crippen molar-refractivity contribution in [3.8, 4) is 5.69 Å². The lowest BCUT2D eigenvalue weighted by Crippen LogP contribution is -2.31. The van der Waals surface area contributed by atoms with Gasteiger partial charge < -0.3 is 19.9 Å². The van der Waals surface area contributed by atoms with E-state index < -0.39 is 5.97 Å². The third kappa shape index (κ3) is 3.80. The molecule has 0 radical (unpaired) electrons. The molecule has 4 rings (SSSR count). The van der Waals surface area contributed by atoms with Crippen molar-refractivity contribution in [3.05, 3.63) is 83.9 Å². The lowest BCUT2D eigenvalue weighted by atomic mass is 10.0. The Labute approximate surface area is 181 Å². The number of carboxylic acids is 1. The molecule has 7 heteroatoms. The largest absolute Gasteiger partial charge is 0.478 e. The molecule has 1 saturated heterocycles. The fraction of sp³-hybridized carbons (Fsp3) is 0.261. The van der Waals surface area contributed by atoms with Gasteiger partial charge in [-0.05, 0) is 61.1 Å². The van der Waals surface area contributed by atoms with Gasteiger partial charge in [-0.25, -0.2) is 4.79 Å². The van der Waals surface area contributed by atoms with Crippen LogP contribution in [0.2, 0.25) is 0 Å². The summed E-state index contributed by atoms with van der Waals surface area (Å²) in [4.78, 5) is 18.3. The number of benzene rings is 1. The standard InChI is InChI=1S/C23H24N4O2S/c1-2-3-13-27-21(20(25-23(27)30)18-10-4-5-12-24-18)19-11-7-14-26(19)17-9-6-8-16(15-17)22(28)29/h4-12,14-15,20-21H,2-3,13H2,1H3,(H,25,30)(H,28,29)/t20-,21-/m0/s1. The Hall–Kier alpha value is -3.19. The Morgan fingerprint density at radius 1 is 1.20 bits per heavy atom. The average Bonchev–Trinajstić information content (AvgIpc) is 3.37. The highest BCUT2D eigenvalue weighted by molar-refractivity contribution is 7.80. The molecule has 0 bridgehead atoms. The molecule has 1 fully saturated rings. The molecule has 6 nitrogen and oxygen atoms in total. The number of aromatic carboxylic acids is 1. The number of carboxylic acid groups (broad SMARTS) is 1. The highest BCUT2D eigenvalue weighted by atomic mass is 32.1. The van der Waals surface area contributed by atoms with Crippen LogP contribution in [0.4, 0.5) is 0 Å². The van der Waals surface area contributed by atoms with E-state index in [4.69, 9.17) is 12.2 Å². The van der Waals surface area contributed by atoms with Crippen LogP contribution in [-0.2, 0) is 0 Å². The van der Waals surface area contributed by atoms with Gasteiger partial charge in [-0.2, -0.15) is 0 Å². The third-order valence-corrected chi connectivity index (χ3v) is 5.76. The van der Waals surface area contributed by atoms with Crippen LogP contribution in [0.15, 0.2) is 67.0 Å². The molecule has 2 atom stereocenters. The van der Waals surface area contributed by atoms with Crippen molar-refractivity contribution in [2.24, 2.45) is 0 Å². The Morgan fingerprint density at radius 2 is 2.07 bits per heavy atom. The summed E-state index contributed by atoms with van der Waals surface area (Å²) in [5.74, 6) is -0.940. The summed E-state index contributed by atoms with van der Waals surface area (Å²) >= 11 is 5.70. The van der Waals surface area contributed by atoms with E-state index in [0.717, 1.165) is 41.6 Å². The van der Waals surface area contributed by atoms with Gasteiger partial charge in [0.25, 0.3) is 0 Å². The van der Waals surface area contributed by atoms with Gasteiger partial charge >= 0.3 is 5.97 Å². The summed E-state index contributed by atoms with van der Waals surface area (Å²) in [6.45, 7) is 3.01. The van der Waals surface area contributed by atoms with Crippen LogP contribution in [0.5, 0.6) is 0 Å². The van der Waals surface area contributed by atoms with Crippen LogP contribution >= 0.6 is 12.2 Å². The zero-order valence-corrected chi connectivity index (χ0v) is 17.5. The van der Waals surface area contributed by atoms with Gasteiger partial charge in [0.1, 0.15) is 0 Å².